The molecule has 0 bridgehead atoms. The van der Waals surface area contributed by atoms with Crippen molar-refractivity contribution in [2.45, 2.75) is 0 Å². The molecule has 0 aromatic heterocycles. The van der Waals surface area contributed by atoms with E-state index in [1.165, 1.54) is 12.3 Å². The highest BCUT2D eigenvalue weighted by molar-refractivity contribution is 14.1. The number of carbonyl (C=O) groups is 1. The molecule has 2 N–H and O–H groups in total. The Kier molecular flexibility index (Phi) is 3.94. The molecule has 4 nitrogen and oxygen atoms in total. The number of phenols is 1. The maximum Gasteiger partial charge on any atom is 0.268 e. The first-order valence-electron chi connectivity index (χ1n) is 3.43. The van der Waals surface area contributed by atoms with Crippen molar-refractivity contribution in [1.82, 2.24) is 5.32 Å². The normalized spacial score (nSPS) is 9.21. The number of phenolic OH excluding ortho intramolecular Hbond substituents is 1. The molecule has 0 fully saturated rings. The van der Waals surface area contributed by atoms with Crippen LogP contribution >= 0.6 is 45.2 Å². The molecule has 72 valence electrons. The molecule has 14 heavy (non-hydrogen) atoms. The largest absolute Gasteiger partial charge is 0.506 e. The zero-order valence-electron chi connectivity index (χ0n) is 6.71. The van der Waals surface area contributed by atoms with Gasteiger partial charge in [-0.2, -0.15) is 5.26 Å². The van der Waals surface area contributed by atoms with Crippen LogP contribution in [0.5, 0.6) is 5.75 Å². The van der Waals surface area contributed by atoms with Crippen LogP contribution < -0.4 is 5.32 Å². The van der Waals surface area contributed by atoms with Crippen LogP contribution in [0, 0.1) is 18.6 Å². The van der Waals surface area contributed by atoms with E-state index >= 15 is 0 Å². The summed E-state index contributed by atoms with van der Waals surface area (Å²) in [6.07, 6.45) is 1.52. The van der Waals surface area contributed by atoms with Gasteiger partial charge < -0.3 is 5.11 Å². The number of nitrogens with zero attached hydrogens (tertiary/aromatic N) is 1. The topological polar surface area (TPSA) is 73.1 Å². The molecule has 6 heteroatoms. The van der Waals surface area contributed by atoms with E-state index in [9.17, 15) is 9.90 Å². The lowest BCUT2D eigenvalue weighted by Gasteiger charge is -2.04. The molecule has 0 radical (unpaired) electrons. The summed E-state index contributed by atoms with van der Waals surface area (Å²) in [5.74, 6) is -0.694. The van der Waals surface area contributed by atoms with E-state index in [0.29, 0.717) is 3.57 Å². The standard InChI is InChI=1S/C8H4I2N2O2/c9-4-1-5(8(14)12-3-11)7(13)6(10)2-4/h1-2,13H,(H,12,14). The lowest BCUT2D eigenvalue weighted by Crippen LogP contribution is -2.17. The first-order chi connectivity index (χ1) is 6.56. The van der Waals surface area contributed by atoms with Crippen molar-refractivity contribution < 1.29 is 9.90 Å². The predicted molar refractivity (Wildman–Crippen MR) is 66.6 cm³/mol. The summed E-state index contributed by atoms with van der Waals surface area (Å²) in [5, 5.41) is 19.8. The Hall–Kier alpha value is -0.560. The van der Waals surface area contributed by atoms with Crippen LogP contribution in [0.2, 0.25) is 0 Å². The average molecular weight is 414 g/mol. The highest BCUT2D eigenvalue weighted by atomic mass is 127. The number of hydrogen-bond donors (Lipinski definition) is 2. The van der Waals surface area contributed by atoms with Gasteiger partial charge in [-0.3, -0.25) is 10.1 Å². The Morgan fingerprint density at radius 2 is 2.14 bits per heavy atom. The van der Waals surface area contributed by atoms with Crippen LogP contribution in [0.3, 0.4) is 0 Å². The Labute approximate surface area is 108 Å². The van der Waals surface area contributed by atoms with Crippen molar-refractivity contribution in [2.24, 2.45) is 0 Å². The minimum absolute atomic E-state index is 0.0984. The molecule has 1 aromatic rings. The van der Waals surface area contributed by atoms with Gasteiger partial charge >= 0.3 is 0 Å². The summed E-state index contributed by atoms with van der Waals surface area (Å²) in [7, 11) is 0. The highest BCUT2D eigenvalue weighted by Crippen LogP contribution is 2.26. The molecule has 0 saturated carbocycles. The van der Waals surface area contributed by atoms with Crippen molar-refractivity contribution >= 4 is 51.1 Å². The minimum Gasteiger partial charge on any atom is -0.506 e. The fourth-order valence-corrected chi connectivity index (χ4v) is 2.70. The second kappa shape index (κ2) is 4.79. The number of halogens is 2. The van der Waals surface area contributed by atoms with E-state index in [2.05, 4.69) is 0 Å². The van der Waals surface area contributed by atoms with E-state index < -0.39 is 5.91 Å². The second-order valence-electron chi connectivity index (χ2n) is 2.35. The molecular weight excluding hydrogens is 410 g/mol. The molecule has 0 heterocycles. The van der Waals surface area contributed by atoms with Gasteiger partial charge in [-0.25, -0.2) is 0 Å². The SMILES string of the molecule is N#CNC(=O)c1cc(I)cc(I)c1O. The molecule has 0 atom stereocenters. The van der Waals surface area contributed by atoms with Gasteiger partial charge in [0.15, 0.2) is 6.19 Å². The maximum atomic E-state index is 11.3. The van der Waals surface area contributed by atoms with Crippen molar-refractivity contribution in [1.29, 1.82) is 5.26 Å². The van der Waals surface area contributed by atoms with Crippen LogP contribution in [0.25, 0.3) is 0 Å². The number of nitriles is 1. The molecular formula is C8H4I2N2O2. The molecule has 0 saturated heterocycles. The van der Waals surface area contributed by atoms with Crippen molar-refractivity contribution in [2.75, 3.05) is 0 Å². The maximum absolute atomic E-state index is 11.3. The van der Waals surface area contributed by atoms with E-state index in [1.807, 2.05) is 50.5 Å². The first kappa shape index (κ1) is 11.5. The molecule has 1 aromatic carbocycles. The third-order valence-electron chi connectivity index (χ3n) is 1.44. The molecule has 0 aliphatic rings. The number of nitrogens with one attached hydrogen (secondary N) is 1. The van der Waals surface area contributed by atoms with Crippen molar-refractivity contribution in [3.63, 3.8) is 0 Å². The summed E-state index contributed by atoms with van der Waals surface area (Å²) >= 11 is 3.95. The van der Waals surface area contributed by atoms with Gasteiger partial charge in [-0.1, -0.05) is 0 Å². The van der Waals surface area contributed by atoms with Gasteiger partial charge in [-0.15, -0.1) is 0 Å². The van der Waals surface area contributed by atoms with Crippen LogP contribution in [-0.2, 0) is 0 Å². The molecule has 0 unspecified atom stereocenters. The zero-order chi connectivity index (χ0) is 10.7. The minimum atomic E-state index is -0.596. The molecule has 0 aliphatic carbocycles. The molecule has 0 aliphatic heterocycles. The molecule has 1 rings (SSSR count). The van der Waals surface area contributed by atoms with Gasteiger partial charge in [0.05, 0.1) is 9.13 Å². The van der Waals surface area contributed by atoms with E-state index in [-0.39, 0.29) is 11.3 Å². The number of carbonyl (C=O) groups excluding carboxylic acids is 1. The fraction of sp³-hybridized carbons (Fsp3) is 0. The lowest BCUT2D eigenvalue weighted by atomic mass is 10.2. The Morgan fingerprint density at radius 1 is 1.50 bits per heavy atom. The number of aromatic hydroxyl groups is 1. The fourth-order valence-electron chi connectivity index (χ4n) is 0.857. The van der Waals surface area contributed by atoms with Gasteiger partial charge in [0, 0.05) is 3.57 Å². The quantitative estimate of drug-likeness (QED) is 0.419. The van der Waals surface area contributed by atoms with Crippen LogP contribution in [0.1, 0.15) is 10.4 Å². The monoisotopic (exact) mass is 414 g/mol. The van der Waals surface area contributed by atoms with Crippen molar-refractivity contribution in [3.8, 4) is 11.9 Å². The zero-order valence-corrected chi connectivity index (χ0v) is 11.0. The Balaban J connectivity index is 3.21. The number of benzene rings is 1. The van der Waals surface area contributed by atoms with E-state index in [1.54, 1.807) is 6.07 Å². The highest BCUT2D eigenvalue weighted by Gasteiger charge is 2.14. The summed E-state index contributed by atoms with van der Waals surface area (Å²) < 4.78 is 1.41. The summed E-state index contributed by atoms with van der Waals surface area (Å²) in [5.41, 5.74) is 0.114. The summed E-state index contributed by atoms with van der Waals surface area (Å²) in [6, 6.07) is 3.25. The number of amides is 1. The van der Waals surface area contributed by atoms with Gasteiger partial charge in [0.25, 0.3) is 5.91 Å². The first-order valence-corrected chi connectivity index (χ1v) is 5.59. The average Bonchev–Trinajstić information content (AvgIpc) is 2.11. The van der Waals surface area contributed by atoms with Crippen LogP contribution in [0.15, 0.2) is 12.1 Å². The lowest BCUT2D eigenvalue weighted by molar-refractivity contribution is 0.0970. The van der Waals surface area contributed by atoms with Gasteiger partial charge in [-0.05, 0) is 57.3 Å². The Morgan fingerprint density at radius 3 is 2.71 bits per heavy atom. The smallest absolute Gasteiger partial charge is 0.268 e. The van der Waals surface area contributed by atoms with Gasteiger partial charge in [0.1, 0.15) is 5.75 Å². The second-order valence-corrected chi connectivity index (χ2v) is 4.76. The summed E-state index contributed by atoms with van der Waals surface area (Å²) in [6.45, 7) is 0. The van der Waals surface area contributed by atoms with Gasteiger partial charge in [0.2, 0.25) is 0 Å². The number of hydrogen-bond acceptors (Lipinski definition) is 3. The van der Waals surface area contributed by atoms with E-state index in [4.69, 9.17) is 5.26 Å². The predicted octanol–water partition coefficient (Wildman–Crippen LogP) is 1.81. The summed E-state index contributed by atoms with van der Waals surface area (Å²) in [4.78, 5) is 11.3. The third kappa shape index (κ3) is 2.48. The van der Waals surface area contributed by atoms with E-state index in [0.717, 1.165) is 3.57 Å². The molecule has 0 spiro atoms. The van der Waals surface area contributed by atoms with Crippen LogP contribution in [0.4, 0.5) is 0 Å². The van der Waals surface area contributed by atoms with Crippen molar-refractivity contribution in [3.05, 3.63) is 24.8 Å². The van der Waals surface area contributed by atoms with Crippen LogP contribution in [-0.4, -0.2) is 11.0 Å². The Bertz CT molecular complexity index is 426. The third-order valence-corrected chi connectivity index (χ3v) is 2.89. The number of rotatable bonds is 1. The molecule has 1 amide bonds.